The number of benzene rings is 1. The molecule has 4 nitrogen and oxygen atoms in total. The van der Waals surface area contributed by atoms with Crippen molar-refractivity contribution in [2.45, 2.75) is 19.1 Å². The van der Waals surface area contributed by atoms with Crippen LogP contribution >= 0.6 is 11.6 Å². The van der Waals surface area contributed by atoms with Crippen LogP contribution in [0.3, 0.4) is 0 Å². The number of carboxylic acids is 1. The molecular weight excluding hydrogens is 273 g/mol. The third kappa shape index (κ3) is 3.89. The minimum absolute atomic E-state index is 0.0402. The second-order valence-electron chi connectivity index (χ2n) is 4.53. The van der Waals surface area contributed by atoms with E-state index in [0.717, 1.165) is 0 Å². The van der Waals surface area contributed by atoms with E-state index < -0.39 is 5.97 Å². The summed E-state index contributed by atoms with van der Waals surface area (Å²) in [6, 6.07) is 4.58. The maximum Gasteiger partial charge on any atom is 0.306 e. The Kier molecular flexibility index (Phi) is 4.74. The molecule has 0 saturated carbocycles. The maximum atomic E-state index is 13.7. The number of rotatable bonds is 4. The van der Waals surface area contributed by atoms with Crippen molar-refractivity contribution in [3.05, 3.63) is 34.6 Å². The number of carbonyl (C=O) groups is 1. The summed E-state index contributed by atoms with van der Waals surface area (Å²) in [4.78, 5) is 12.6. The molecule has 1 aromatic rings. The lowest BCUT2D eigenvalue weighted by atomic mass is 10.1. The van der Waals surface area contributed by atoms with Gasteiger partial charge in [-0.2, -0.15) is 0 Å². The predicted octanol–water partition coefficient (Wildman–Crippen LogP) is 2.15. The van der Waals surface area contributed by atoms with Gasteiger partial charge in [-0.1, -0.05) is 17.7 Å². The Bertz CT molecular complexity index is 449. The highest BCUT2D eigenvalue weighted by Crippen LogP contribution is 2.22. The second-order valence-corrected chi connectivity index (χ2v) is 4.93. The van der Waals surface area contributed by atoms with Gasteiger partial charge >= 0.3 is 5.97 Å². The Balaban J connectivity index is 2.01. The van der Waals surface area contributed by atoms with Crippen LogP contribution in [0.1, 0.15) is 12.0 Å². The molecule has 0 radical (unpaired) electrons. The zero-order valence-electron chi connectivity index (χ0n) is 10.3. The van der Waals surface area contributed by atoms with E-state index in [1.54, 1.807) is 12.1 Å². The van der Waals surface area contributed by atoms with E-state index >= 15 is 0 Å². The molecule has 1 atom stereocenters. The van der Waals surface area contributed by atoms with Crippen LogP contribution in [0, 0.1) is 5.82 Å². The van der Waals surface area contributed by atoms with Gasteiger partial charge in [0.25, 0.3) is 0 Å². The van der Waals surface area contributed by atoms with Crippen LogP contribution in [-0.2, 0) is 16.1 Å². The molecule has 104 valence electrons. The minimum Gasteiger partial charge on any atom is -0.481 e. The van der Waals surface area contributed by atoms with Gasteiger partial charge in [-0.3, -0.25) is 9.69 Å². The van der Waals surface area contributed by atoms with E-state index in [4.69, 9.17) is 21.4 Å². The Labute approximate surface area is 115 Å². The Morgan fingerprint density at radius 1 is 1.58 bits per heavy atom. The summed E-state index contributed by atoms with van der Waals surface area (Å²) in [6.45, 7) is 1.92. The van der Waals surface area contributed by atoms with Gasteiger partial charge in [-0.05, 0) is 12.1 Å². The first-order valence-electron chi connectivity index (χ1n) is 6.05. The number of ether oxygens (including phenoxy) is 1. The van der Waals surface area contributed by atoms with Gasteiger partial charge < -0.3 is 9.84 Å². The van der Waals surface area contributed by atoms with Crippen molar-refractivity contribution in [3.8, 4) is 0 Å². The predicted molar refractivity (Wildman–Crippen MR) is 68.7 cm³/mol. The highest BCUT2D eigenvalue weighted by atomic mass is 35.5. The SMILES string of the molecule is O=C(O)CC1CN(Cc2c(F)cccc2Cl)CCO1. The molecule has 0 bridgehead atoms. The number of hydrogen-bond acceptors (Lipinski definition) is 3. The summed E-state index contributed by atoms with van der Waals surface area (Å²) in [7, 11) is 0. The summed E-state index contributed by atoms with van der Waals surface area (Å²) >= 11 is 5.98. The minimum atomic E-state index is -0.893. The fourth-order valence-electron chi connectivity index (χ4n) is 2.15. The zero-order valence-corrected chi connectivity index (χ0v) is 11.1. The lowest BCUT2D eigenvalue weighted by Gasteiger charge is -2.32. The molecule has 6 heteroatoms. The van der Waals surface area contributed by atoms with E-state index in [-0.39, 0.29) is 18.3 Å². The Morgan fingerprint density at radius 3 is 3.05 bits per heavy atom. The third-order valence-electron chi connectivity index (χ3n) is 3.07. The van der Waals surface area contributed by atoms with E-state index in [1.807, 2.05) is 4.90 Å². The molecular formula is C13H15ClFNO3. The molecule has 0 amide bonds. The van der Waals surface area contributed by atoms with Crippen molar-refractivity contribution in [2.24, 2.45) is 0 Å². The smallest absolute Gasteiger partial charge is 0.306 e. The van der Waals surface area contributed by atoms with Gasteiger partial charge in [0, 0.05) is 30.2 Å². The standard InChI is InChI=1S/C13H15ClFNO3/c14-11-2-1-3-12(15)10(11)8-16-4-5-19-9(7-16)6-13(17)18/h1-3,9H,4-8H2,(H,17,18). The monoisotopic (exact) mass is 287 g/mol. The second kappa shape index (κ2) is 6.32. The van der Waals surface area contributed by atoms with Crippen LogP contribution in [0.2, 0.25) is 5.02 Å². The van der Waals surface area contributed by atoms with Crippen LogP contribution in [-0.4, -0.2) is 41.8 Å². The first kappa shape index (κ1) is 14.2. The van der Waals surface area contributed by atoms with Gasteiger partial charge in [0.1, 0.15) is 5.82 Å². The number of halogens is 2. The highest BCUT2D eigenvalue weighted by Gasteiger charge is 2.23. The van der Waals surface area contributed by atoms with Crippen molar-refractivity contribution < 1.29 is 19.0 Å². The van der Waals surface area contributed by atoms with Gasteiger partial charge in [0.15, 0.2) is 0 Å². The molecule has 1 N–H and O–H groups in total. The number of aliphatic carboxylic acids is 1. The number of morpholine rings is 1. The molecule has 0 aliphatic carbocycles. The van der Waals surface area contributed by atoms with Crippen molar-refractivity contribution >= 4 is 17.6 Å². The molecule has 1 aromatic carbocycles. The summed E-state index contributed by atoms with van der Waals surface area (Å²) in [6.07, 6.45) is -0.390. The molecule has 1 aliphatic rings. The number of nitrogens with zero attached hydrogens (tertiary/aromatic N) is 1. The van der Waals surface area contributed by atoms with Crippen molar-refractivity contribution in [1.82, 2.24) is 4.90 Å². The molecule has 1 saturated heterocycles. The highest BCUT2D eigenvalue weighted by molar-refractivity contribution is 6.31. The fraction of sp³-hybridized carbons (Fsp3) is 0.462. The molecule has 0 spiro atoms. The topological polar surface area (TPSA) is 49.8 Å². The van der Waals surface area contributed by atoms with Gasteiger partial charge in [-0.25, -0.2) is 4.39 Å². The third-order valence-corrected chi connectivity index (χ3v) is 3.42. The fourth-order valence-corrected chi connectivity index (χ4v) is 2.37. The largest absolute Gasteiger partial charge is 0.481 e. The average Bonchev–Trinajstić information content (AvgIpc) is 2.34. The summed E-state index contributed by atoms with van der Waals surface area (Å²) in [5, 5.41) is 9.14. The lowest BCUT2D eigenvalue weighted by molar-refractivity contribution is -0.142. The lowest BCUT2D eigenvalue weighted by Crippen LogP contribution is -2.42. The molecule has 1 heterocycles. The Hall–Kier alpha value is -1.17. The van der Waals surface area contributed by atoms with Crippen LogP contribution in [0.5, 0.6) is 0 Å². The summed E-state index contributed by atoms with van der Waals surface area (Å²) in [5.74, 6) is -1.23. The number of carboxylic acid groups (broad SMARTS) is 1. The van der Waals surface area contributed by atoms with Crippen LogP contribution in [0.15, 0.2) is 18.2 Å². The first-order valence-corrected chi connectivity index (χ1v) is 6.42. The molecule has 19 heavy (non-hydrogen) atoms. The van der Waals surface area contributed by atoms with Crippen LogP contribution in [0.4, 0.5) is 4.39 Å². The van der Waals surface area contributed by atoms with Crippen LogP contribution in [0.25, 0.3) is 0 Å². The molecule has 1 fully saturated rings. The molecule has 1 unspecified atom stereocenters. The van der Waals surface area contributed by atoms with Crippen molar-refractivity contribution in [2.75, 3.05) is 19.7 Å². The van der Waals surface area contributed by atoms with Crippen molar-refractivity contribution in [3.63, 3.8) is 0 Å². The van der Waals surface area contributed by atoms with Crippen LogP contribution < -0.4 is 0 Å². The molecule has 1 aliphatic heterocycles. The Morgan fingerprint density at radius 2 is 2.37 bits per heavy atom. The first-order chi connectivity index (χ1) is 9.06. The summed E-state index contributed by atoms with van der Waals surface area (Å²) < 4.78 is 19.0. The van der Waals surface area contributed by atoms with Crippen molar-refractivity contribution in [1.29, 1.82) is 0 Å². The number of hydrogen-bond donors (Lipinski definition) is 1. The molecule has 0 aromatic heterocycles. The maximum absolute atomic E-state index is 13.7. The van der Waals surface area contributed by atoms with E-state index in [1.165, 1.54) is 6.07 Å². The van der Waals surface area contributed by atoms with E-state index in [2.05, 4.69) is 0 Å². The quantitative estimate of drug-likeness (QED) is 0.922. The normalized spacial score (nSPS) is 20.4. The summed E-state index contributed by atoms with van der Waals surface area (Å²) in [5.41, 5.74) is 0.445. The average molecular weight is 288 g/mol. The van der Waals surface area contributed by atoms with Gasteiger partial charge in [-0.15, -0.1) is 0 Å². The molecule has 2 rings (SSSR count). The van der Waals surface area contributed by atoms with E-state index in [0.29, 0.717) is 36.8 Å². The van der Waals surface area contributed by atoms with E-state index in [9.17, 15) is 9.18 Å². The van der Waals surface area contributed by atoms with Gasteiger partial charge in [0.2, 0.25) is 0 Å². The zero-order chi connectivity index (χ0) is 13.8. The van der Waals surface area contributed by atoms with Gasteiger partial charge in [0.05, 0.1) is 19.1 Å².